The van der Waals surface area contributed by atoms with Crippen LogP contribution in [0.15, 0.2) is 0 Å². The SMILES string of the molecule is CCCCCCCCCCCCCCCCO[C@@H](CO)[C@@H]1OC[C@@H](O)[C@@H]1O. The van der Waals surface area contributed by atoms with Gasteiger partial charge >= 0.3 is 0 Å². The number of aliphatic hydroxyl groups excluding tert-OH is 3. The number of unbranched alkanes of at least 4 members (excludes halogenated alkanes) is 13. The molecule has 0 unspecified atom stereocenters. The van der Waals surface area contributed by atoms with E-state index in [0.717, 1.165) is 12.8 Å². The van der Waals surface area contributed by atoms with Crippen LogP contribution >= 0.6 is 0 Å². The zero-order valence-electron chi connectivity index (χ0n) is 17.5. The fourth-order valence-corrected chi connectivity index (χ4v) is 3.74. The number of rotatable bonds is 18. The molecule has 1 rings (SSSR count). The first-order valence-electron chi connectivity index (χ1n) is 11.4. The topological polar surface area (TPSA) is 79.2 Å². The van der Waals surface area contributed by atoms with E-state index in [9.17, 15) is 15.3 Å². The maximum atomic E-state index is 9.82. The van der Waals surface area contributed by atoms with E-state index in [4.69, 9.17) is 9.47 Å². The quantitative estimate of drug-likeness (QED) is 0.310. The minimum atomic E-state index is -0.974. The Labute approximate surface area is 166 Å². The fourth-order valence-electron chi connectivity index (χ4n) is 3.74. The second-order valence-corrected chi connectivity index (χ2v) is 8.04. The molecule has 27 heavy (non-hydrogen) atoms. The first-order chi connectivity index (χ1) is 13.2. The van der Waals surface area contributed by atoms with Crippen LogP contribution in [0.2, 0.25) is 0 Å². The van der Waals surface area contributed by atoms with Crippen LogP contribution < -0.4 is 0 Å². The second-order valence-electron chi connectivity index (χ2n) is 8.04. The van der Waals surface area contributed by atoms with Gasteiger partial charge < -0.3 is 24.8 Å². The third-order valence-electron chi connectivity index (χ3n) is 5.57. The summed E-state index contributed by atoms with van der Waals surface area (Å²) in [5, 5.41) is 28.7. The molecule has 0 bridgehead atoms. The van der Waals surface area contributed by atoms with Crippen molar-refractivity contribution in [2.24, 2.45) is 0 Å². The molecule has 0 amide bonds. The van der Waals surface area contributed by atoms with Crippen LogP contribution in [-0.4, -0.2) is 59.6 Å². The molecular formula is C22H44O5. The Balaban J connectivity index is 1.85. The van der Waals surface area contributed by atoms with Crippen molar-refractivity contribution in [3.63, 3.8) is 0 Å². The smallest absolute Gasteiger partial charge is 0.114 e. The molecule has 0 spiro atoms. The summed E-state index contributed by atoms with van der Waals surface area (Å²) in [6, 6.07) is 0. The number of ether oxygens (including phenoxy) is 2. The highest BCUT2D eigenvalue weighted by molar-refractivity contribution is 4.88. The third-order valence-corrected chi connectivity index (χ3v) is 5.57. The van der Waals surface area contributed by atoms with Gasteiger partial charge in [-0.3, -0.25) is 0 Å². The molecule has 1 fully saturated rings. The van der Waals surface area contributed by atoms with Gasteiger partial charge in [0, 0.05) is 6.61 Å². The van der Waals surface area contributed by atoms with E-state index >= 15 is 0 Å². The van der Waals surface area contributed by atoms with Gasteiger partial charge in [0.2, 0.25) is 0 Å². The van der Waals surface area contributed by atoms with E-state index in [2.05, 4.69) is 6.92 Å². The molecule has 1 aliphatic heterocycles. The second kappa shape index (κ2) is 16.7. The Morgan fingerprint density at radius 1 is 0.815 bits per heavy atom. The lowest BCUT2D eigenvalue weighted by atomic mass is 10.0. The average molecular weight is 389 g/mol. The minimum absolute atomic E-state index is 0.102. The Hall–Kier alpha value is -0.200. The summed E-state index contributed by atoms with van der Waals surface area (Å²) in [5.41, 5.74) is 0. The Kier molecular flexibility index (Phi) is 15.4. The van der Waals surface area contributed by atoms with Gasteiger partial charge in [0.15, 0.2) is 0 Å². The van der Waals surface area contributed by atoms with Crippen molar-refractivity contribution in [1.82, 2.24) is 0 Å². The van der Waals surface area contributed by atoms with E-state index in [1.54, 1.807) is 0 Å². The monoisotopic (exact) mass is 388 g/mol. The molecule has 0 aromatic heterocycles. The highest BCUT2D eigenvalue weighted by Crippen LogP contribution is 2.20. The molecule has 1 heterocycles. The van der Waals surface area contributed by atoms with Crippen LogP contribution in [0, 0.1) is 0 Å². The molecule has 1 aliphatic rings. The highest BCUT2D eigenvalue weighted by atomic mass is 16.6. The number of hydrogen-bond donors (Lipinski definition) is 3. The molecule has 0 aromatic carbocycles. The molecule has 162 valence electrons. The van der Waals surface area contributed by atoms with Crippen LogP contribution in [0.4, 0.5) is 0 Å². The summed E-state index contributed by atoms with van der Waals surface area (Å²) in [7, 11) is 0. The van der Waals surface area contributed by atoms with Gasteiger partial charge in [-0.1, -0.05) is 90.4 Å². The number of hydrogen-bond acceptors (Lipinski definition) is 5. The zero-order chi connectivity index (χ0) is 19.7. The fraction of sp³-hybridized carbons (Fsp3) is 1.00. The van der Waals surface area contributed by atoms with Gasteiger partial charge in [0.1, 0.15) is 24.4 Å². The lowest BCUT2D eigenvalue weighted by Crippen LogP contribution is -2.42. The van der Waals surface area contributed by atoms with E-state index in [1.807, 2.05) is 0 Å². The molecule has 0 radical (unpaired) electrons. The Morgan fingerprint density at radius 3 is 1.70 bits per heavy atom. The van der Waals surface area contributed by atoms with Gasteiger partial charge in [-0.05, 0) is 6.42 Å². The normalized spacial score (nSPS) is 23.8. The van der Waals surface area contributed by atoms with Crippen molar-refractivity contribution in [3.05, 3.63) is 0 Å². The largest absolute Gasteiger partial charge is 0.394 e. The lowest BCUT2D eigenvalue weighted by molar-refractivity contribution is -0.101. The van der Waals surface area contributed by atoms with Crippen LogP contribution in [0.1, 0.15) is 96.8 Å². The summed E-state index contributed by atoms with van der Waals surface area (Å²) in [6.07, 6.45) is 15.4. The zero-order valence-corrected chi connectivity index (χ0v) is 17.5. The molecule has 5 nitrogen and oxygen atoms in total. The van der Waals surface area contributed by atoms with E-state index < -0.39 is 24.4 Å². The molecule has 3 N–H and O–H groups in total. The van der Waals surface area contributed by atoms with E-state index in [-0.39, 0.29) is 13.2 Å². The van der Waals surface area contributed by atoms with Crippen LogP contribution in [0.5, 0.6) is 0 Å². The first kappa shape index (κ1) is 24.8. The molecule has 0 saturated carbocycles. The van der Waals surface area contributed by atoms with Gasteiger partial charge in [-0.2, -0.15) is 0 Å². The average Bonchev–Trinajstić information content (AvgIpc) is 3.00. The molecule has 0 aliphatic carbocycles. The summed E-state index contributed by atoms with van der Waals surface area (Å²) in [5.74, 6) is 0. The standard InChI is InChI=1S/C22H44O5/c1-2-3-4-5-6-7-8-9-10-11-12-13-14-15-16-26-20(17-23)22-21(25)19(24)18-27-22/h19-25H,2-18H2,1H3/t19-,20+,21+,22+/m1/s1. The van der Waals surface area contributed by atoms with Gasteiger partial charge in [-0.15, -0.1) is 0 Å². The Bertz CT molecular complexity index is 326. The third kappa shape index (κ3) is 11.4. The summed E-state index contributed by atoms with van der Waals surface area (Å²) >= 11 is 0. The molecule has 5 heteroatoms. The highest BCUT2D eigenvalue weighted by Gasteiger charge is 2.40. The molecule has 1 saturated heterocycles. The lowest BCUT2D eigenvalue weighted by Gasteiger charge is -2.24. The van der Waals surface area contributed by atoms with Crippen LogP contribution in [0.25, 0.3) is 0 Å². The summed E-state index contributed by atoms with van der Waals surface area (Å²) in [6.45, 7) is 2.73. The molecule has 4 atom stereocenters. The van der Waals surface area contributed by atoms with Crippen molar-refractivity contribution in [3.8, 4) is 0 Å². The summed E-state index contributed by atoms with van der Waals surface area (Å²) < 4.78 is 11.0. The number of aliphatic hydroxyl groups is 3. The van der Waals surface area contributed by atoms with Gasteiger partial charge in [-0.25, -0.2) is 0 Å². The van der Waals surface area contributed by atoms with Crippen molar-refractivity contribution < 1.29 is 24.8 Å². The van der Waals surface area contributed by atoms with Crippen molar-refractivity contribution in [1.29, 1.82) is 0 Å². The predicted octanol–water partition coefficient (Wildman–Crippen LogP) is 3.97. The Morgan fingerprint density at radius 2 is 1.30 bits per heavy atom. The van der Waals surface area contributed by atoms with Crippen LogP contribution in [0.3, 0.4) is 0 Å². The minimum Gasteiger partial charge on any atom is -0.394 e. The summed E-state index contributed by atoms with van der Waals surface area (Å²) in [4.78, 5) is 0. The van der Waals surface area contributed by atoms with Crippen molar-refractivity contribution in [2.45, 2.75) is 121 Å². The van der Waals surface area contributed by atoms with E-state index in [1.165, 1.54) is 77.0 Å². The van der Waals surface area contributed by atoms with Crippen molar-refractivity contribution in [2.75, 3.05) is 19.8 Å². The van der Waals surface area contributed by atoms with Gasteiger partial charge in [0.25, 0.3) is 0 Å². The van der Waals surface area contributed by atoms with Crippen molar-refractivity contribution >= 4 is 0 Å². The maximum Gasteiger partial charge on any atom is 0.114 e. The first-order valence-corrected chi connectivity index (χ1v) is 11.4. The maximum absolute atomic E-state index is 9.82. The van der Waals surface area contributed by atoms with Crippen LogP contribution in [-0.2, 0) is 9.47 Å². The molecule has 0 aromatic rings. The van der Waals surface area contributed by atoms with E-state index in [0.29, 0.717) is 6.61 Å². The van der Waals surface area contributed by atoms with Gasteiger partial charge in [0.05, 0.1) is 13.2 Å². The predicted molar refractivity (Wildman–Crippen MR) is 109 cm³/mol. The molecular weight excluding hydrogens is 344 g/mol.